The first-order chi connectivity index (χ1) is 8.39. The van der Waals surface area contributed by atoms with Crippen molar-refractivity contribution in [2.75, 3.05) is 0 Å². The molecule has 1 unspecified atom stereocenters. The van der Waals surface area contributed by atoms with Crippen LogP contribution in [0.15, 0.2) is 6.07 Å². The first-order valence-electron chi connectivity index (χ1n) is 7.08. The Hall–Kier alpha value is -1.11. The van der Waals surface area contributed by atoms with E-state index in [1.807, 2.05) is 0 Å². The van der Waals surface area contributed by atoms with Gasteiger partial charge in [0.05, 0.1) is 0 Å². The Morgan fingerprint density at radius 2 is 1.94 bits per heavy atom. The van der Waals surface area contributed by atoms with E-state index >= 15 is 0 Å². The lowest BCUT2D eigenvalue weighted by molar-refractivity contribution is 0.0974. The summed E-state index contributed by atoms with van der Waals surface area (Å²) in [6.45, 7) is 8.91. The molecule has 2 aliphatic carbocycles. The maximum atomic E-state index is 12.3. The number of hydrogen-bond donors (Lipinski definition) is 0. The molecule has 18 heavy (non-hydrogen) atoms. The summed E-state index contributed by atoms with van der Waals surface area (Å²) >= 11 is 0. The van der Waals surface area contributed by atoms with Crippen molar-refractivity contribution in [3.63, 3.8) is 0 Å². The van der Waals surface area contributed by atoms with Crippen molar-refractivity contribution in [3.8, 4) is 0 Å². The molecule has 1 aromatic rings. The molecule has 0 radical (unpaired) electrons. The minimum atomic E-state index is 0.186. The van der Waals surface area contributed by atoms with Crippen molar-refractivity contribution < 1.29 is 4.79 Å². The Kier molecular flexibility index (Phi) is 2.45. The molecule has 0 N–H and O–H groups in total. The molecule has 1 atom stereocenters. The maximum absolute atomic E-state index is 12.3. The summed E-state index contributed by atoms with van der Waals surface area (Å²) in [6.07, 6.45) is 4.36. The van der Waals surface area contributed by atoms with E-state index in [9.17, 15) is 4.79 Å². The molecule has 0 fully saturated rings. The molecule has 0 amide bonds. The number of Topliss-reactive ketones (excluding diaryl/α,β-unsaturated/α-hetero) is 1. The van der Waals surface area contributed by atoms with E-state index in [2.05, 4.69) is 33.8 Å². The quantitative estimate of drug-likeness (QED) is 0.666. The van der Waals surface area contributed by atoms with Gasteiger partial charge in [-0.15, -0.1) is 0 Å². The second-order valence-electron chi connectivity index (χ2n) is 7.02. The van der Waals surface area contributed by atoms with Crippen LogP contribution in [0.1, 0.15) is 72.1 Å². The number of carbonyl (C=O) groups is 1. The lowest BCUT2D eigenvalue weighted by Gasteiger charge is -2.29. The van der Waals surface area contributed by atoms with Crippen LogP contribution in [-0.2, 0) is 12.8 Å². The summed E-state index contributed by atoms with van der Waals surface area (Å²) < 4.78 is 0. The molecule has 0 aromatic heterocycles. The molecule has 3 rings (SSSR count). The highest BCUT2D eigenvalue weighted by Crippen LogP contribution is 2.49. The summed E-state index contributed by atoms with van der Waals surface area (Å²) in [5, 5.41) is 0. The molecule has 1 heteroatoms. The van der Waals surface area contributed by atoms with Crippen molar-refractivity contribution in [3.05, 3.63) is 33.9 Å². The lowest BCUT2D eigenvalue weighted by atomic mass is 9.75. The van der Waals surface area contributed by atoms with E-state index in [-0.39, 0.29) is 5.41 Å². The van der Waals surface area contributed by atoms with E-state index in [4.69, 9.17) is 0 Å². The third kappa shape index (κ3) is 1.56. The Morgan fingerprint density at radius 3 is 2.61 bits per heavy atom. The van der Waals surface area contributed by atoms with Gasteiger partial charge in [-0.3, -0.25) is 4.79 Å². The third-order valence-electron chi connectivity index (χ3n) is 4.70. The van der Waals surface area contributed by atoms with Crippen LogP contribution < -0.4 is 0 Å². The molecule has 0 saturated heterocycles. The molecule has 96 valence electrons. The summed E-state index contributed by atoms with van der Waals surface area (Å²) in [7, 11) is 0. The standard InChI is InChI=1S/C17H22O/c1-10-8-11-6-5-7-12(11)16-13(17(2,3)4)9-14(18)15(10)16/h8,13H,5-7,9H2,1-4H3. The van der Waals surface area contributed by atoms with Crippen LogP contribution in [0.25, 0.3) is 0 Å². The first-order valence-corrected chi connectivity index (χ1v) is 7.08. The van der Waals surface area contributed by atoms with Crippen LogP contribution in [0.2, 0.25) is 0 Å². The molecule has 1 nitrogen and oxygen atoms in total. The number of carbonyl (C=O) groups excluding carboxylic acids is 1. The zero-order chi connectivity index (χ0) is 13.1. The second-order valence-corrected chi connectivity index (χ2v) is 7.02. The van der Waals surface area contributed by atoms with Crippen molar-refractivity contribution in [1.29, 1.82) is 0 Å². The molecule has 2 aliphatic rings. The van der Waals surface area contributed by atoms with E-state index in [1.165, 1.54) is 41.5 Å². The first kappa shape index (κ1) is 12.0. The number of fused-ring (bicyclic) bond motifs is 3. The van der Waals surface area contributed by atoms with Gasteiger partial charge in [-0.2, -0.15) is 0 Å². The fourth-order valence-corrected chi connectivity index (χ4v) is 3.81. The maximum Gasteiger partial charge on any atom is 0.164 e. The van der Waals surface area contributed by atoms with Gasteiger partial charge in [-0.1, -0.05) is 26.8 Å². The summed E-state index contributed by atoms with van der Waals surface area (Å²) in [5.74, 6) is 0.795. The molecular weight excluding hydrogens is 220 g/mol. The van der Waals surface area contributed by atoms with E-state index in [0.29, 0.717) is 11.7 Å². The van der Waals surface area contributed by atoms with Gasteiger partial charge < -0.3 is 0 Å². The highest BCUT2D eigenvalue weighted by Gasteiger charge is 2.40. The van der Waals surface area contributed by atoms with Gasteiger partial charge in [0.25, 0.3) is 0 Å². The predicted molar refractivity (Wildman–Crippen MR) is 74.3 cm³/mol. The third-order valence-corrected chi connectivity index (χ3v) is 4.70. The molecule has 0 aliphatic heterocycles. The van der Waals surface area contributed by atoms with Gasteiger partial charge in [-0.25, -0.2) is 0 Å². The van der Waals surface area contributed by atoms with Crippen LogP contribution >= 0.6 is 0 Å². The minimum absolute atomic E-state index is 0.186. The van der Waals surface area contributed by atoms with Crippen molar-refractivity contribution in [2.24, 2.45) is 5.41 Å². The minimum Gasteiger partial charge on any atom is -0.294 e. The van der Waals surface area contributed by atoms with Crippen LogP contribution in [-0.4, -0.2) is 5.78 Å². The second kappa shape index (κ2) is 3.69. The summed E-state index contributed by atoms with van der Waals surface area (Å²) in [6, 6.07) is 2.27. The number of hydrogen-bond acceptors (Lipinski definition) is 1. The highest BCUT2D eigenvalue weighted by atomic mass is 16.1. The summed E-state index contributed by atoms with van der Waals surface area (Å²) in [5.41, 5.74) is 6.90. The number of aryl methyl sites for hydroxylation is 2. The van der Waals surface area contributed by atoms with Gasteiger partial charge in [-0.05, 0) is 59.8 Å². The molecule has 0 spiro atoms. The average Bonchev–Trinajstić information content (AvgIpc) is 2.81. The number of ketones is 1. The van der Waals surface area contributed by atoms with Gasteiger partial charge in [0.1, 0.15) is 0 Å². The van der Waals surface area contributed by atoms with E-state index < -0.39 is 0 Å². The number of benzene rings is 1. The Bertz CT molecular complexity index is 532. The van der Waals surface area contributed by atoms with Crippen molar-refractivity contribution in [2.45, 2.75) is 59.3 Å². The Morgan fingerprint density at radius 1 is 1.22 bits per heavy atom. The van der Waals surface area contributed by atoms with Crippen molar-refractivity contribution in [1.82, 2.24) is 0 Å². The zero-order valence-electron chi connectivity index (χ0n) is 11.9. The lowest BCUT2D eigenvalue weighted by Crippen LogP contribution is -2.17. The molecule has 1 aromatic carbocycles. The zero-order valence-corrected chi connectivity index (χ0v) is 11.9. The van der Waals surface area contributed by atoms with Crippen LogP contribution in [0, 0.1) is 12.3 Å². The van der Waals surface area contributed by atoms with Gasteiger partial charge in [0.15, 0.2) is 5.78 Å². The molecule has 0 saturated carbocycles. The smallest absolute Gasteiger partial charge is 0.164 e. The van der Waals surface area contributed by atoms with E-state index in [1.54, 1.807) is 0 Å². The van der Waals surface area contributed by atoms with Gasteiger partial charge in [0.2, 0.25) is 0 Å². The molecule has 0 bridgehead atoms. The average molecular weight is 242 g/mol. The summed E-state index contributed by atoms with van der Waals surface area (Å²) in [4.78, 5) is 12.3. The Balaban J connectivity index is 2.27. The van der Waals surface area contributed by atoms with Crippen LogP contribution in [0.3, 0.4) is 0 Å². The highest BCUT2D eigenvalue weighted by molar-refractivity contribution is 6.03. The fourth-order valence-electron chi connectivity index (χ4n) is 3.81. The van der Waals surface area contributed by atoms with Crippen molar-refractivity contribution >= 4 is 5.78 Å². The largest absolute Gasteiger partial charge is 0.294 e. The van der Waals surface area contributed by atoms with Crippen LogP contribution in [0.5, 0.6) is 0 Å². The monoisotopic (exact) mass is 242 g/mol. The Labute approximate surface area is 110 Å². The topological polar surface area (TPSA) is 17.1 Å². The predicted octanol–water partition coefficient (Wildman–Crippen LogP) is 4.20. The number of rotatable bonds is 0. The molecule has 0 heterocycles. The van der Waals surface area contributed by atoms with Crippen LogP contribution in [0.4, 0.5) is 0 Å². The molecular formula is C17H22O. The normalized spacial score (nSPS) is 22.2. The van der Waals surface area contributed by atoms with Gasteiger partial charge in [0, 0.05) is 12.0 Å². The fraction of sp³-hybridized carbons (Fsp3) is 0.588. The van der Waals surface area contributed by atoms with E-state index in [0.717, 1.165) is 12.0 Å². The SMILES string of the molecule is Cc1cc2c(c3c1C(=O)CC3C(C)(C)C)CCC2. The van der Waals surface area contributed by atoms with Gasteiger partial charge >= 0.3 is 0 Å².